The lowest BCUT2D eigenvalue weighted by Crippen LogP contribution is -2.45. The number of hydrogen-bond acceptors (Lipinski definition) is 4. The van der Waals surface area contributed by atoms with Gasteiger partial charge in [-0.3, -0.25) is 4.79 Å². The van der Waals surface area contributed by atoms with Crippen LogP contribution in [-0.2, 0) is 9.53 Å². The molecule has 1 fully saturated rings. The van der Waals surface area contributed by atoms with Crippen LogP contribution in [-0.4, -0.2) is 48.4 Å². The zero-order chi connectivity index (χ0) is 13.4. The minimum Gasteiger partial charge on any atom is -0.388 e. The molecular formula is C13H25NO3S. The summed E-state index contributed by atoms with van der Waals surface area (Å²) in [7, 11) is 1.65. The molecule has 1 amide bonds. The molecule has 1 rings (SSSR count). The second-order valence-corrected chi connectivity index (χ2v) is 6.33. The average molecular weight is 275 g/mol. The zero-order valence-electron chi connectivity index (χ0n) is 11.4. The fourth-order valence-electron chi connectivity index (χ4n) is 2.10. The molecule has 0 aromatic rings. The van der Waals surface area contributed by atoms with Gasteiger partial charge in [0.05, 0.1) is 18.0 Å². The molecule has 0 aliphatic heterocycles. The van der Waals surface area contributed by atoms with E-state index in [0.717, 1.165) is 31.4 Å². The van der Waals surface area contributed by atoms with Gasteiger partial charge in [0, 0.05) is 19.4 Å². The SMILES string of the molecule is COCCSCC(=O)NCC1(O)CCC(C)CC1. The van der Waals surface area contributed by atoms with E-state index in [4.69, 9.17) is 4.74 Å². The average Bonchev–Trinajstić information content (AvgIpc) is 2.36. The highest BCUT2D eigenvalue weighted by Gasteiger charge is 2.31. The lowest BCUT2D eigenvalue weighted by molar-refractivity contribution is -0.120. The van der Waals surface area contributed by atoms with E-state index in [2.05, 4.69) is 12.2 Å². The smallest absolute Gasteiger partial charge is 0.230 e. The Morgan fingerprint density at radius 1 is 1.50 bits per heavy atom. The van der Waals surface area contributed by atoms with Gasteiger partial charge in [-0.2, -0.15) is 0 Å². The molecule has 1 aliphatic rings. The van der Waals surface area contributed by atoms with Crippen LogP contribution in [0.2, 0.25) is 0 Å². The highest BCUT2D eigenvalue weighted by atomic mass is 32.2. The molecule has 18 heavy (non-hydrogen) atoms. The van der Waals surface area contributed by atoms with Crippen LogP contribution in [0.15, 0.2) is 0 Å². The first-order valence-corrected chi connectivity index (χ1v) is 7.77. The third-order valence-electron chi connectivity index (χ3n) is 3.48. The van der Waals surface area contributed by atoms with Crippen LogP contribution in [0.3, 0.4) is 0 Å². The van der Waals surface area contributed by atoms with Crippen LogP contribution in [0.1, 0.15) is 32.6 Å². The molecule has 1 aliphatic carbocycles. The molecule has 2 N–H and O–H groups in total. The van der Waals surface area contributed by atoms with Crippen molar-refractivity contribution in [1.29, 1.82) is 0 Å². The molecule has 0 atom stereocenters. The second-order valence-electron chi connectivity index (χ2n) is 5.23. The summed E-state index contributed by atoms with van der Waals surface area (Å²) in [5.74, 6) is 1.97. The van der Waals surface area contributed by atoms with Crippen LogP contribution in [0, 0.1) is 5.92 Å². The molecule has 0 heterocycles. The maximum Gasteiger partial charge on any atom is 0.230 e. The number of carbonyl (C=O) groups is 1. The number of aliphatic hydroxyl groups is 1. The summed E-state index contributed by atoms with van der Waals surface area (Å²) in [6.07, 6.45) is 3.69. The topological polar surface area (TPSA) is 58.6 Å². The Hall–Kier alpha value is -0.260. The first-order valence-electron chi connectivity index (χ1n) is 6.61. The molecule has 0 bridgehead atoms. The van der Waals surface area contributed by atoms with Gasteiger partial charge >= 0.3 is 0 Å². The van der Waals surface area contributed by atoms with E-state index in [1.807, 2.05) is 0 Å². The number of nitrogens with one attached hydrogen (secondary N) is 1. The van der Waals surface area contributed by atoms with Gasteiger partial charge in [-0.1, -0.05) is 6.92 Å². The van der Waals surface area contributed by atoms with Crippen molar-refractivity contribution in [1.82, 2.24) is 5.32 Å². The Morgan fingerprint density at radius 3 is 2.78 bits per heavy atom. The molecular weight excluding hydrogens is 250 g/mol. The summed E-state index contributed by atoms with van der Waals surface area (Å²) < 4.78 is 4.91. The number of rotatable bonds is 7. The molecule has 0 aromatic carbocycles. The van der Waals surface area contributed by atoms with Gasteiger partial charge in [0.25, 0.3) is 0 Å². The van der Waals surface area contributed by atoms with E-state index in [0.29, 0.717) is 24.8 Å². The minimum absolute atomic E-state index is 0.00292. The van der Waals surface area contributed by atoms with E-state index in [1.54, 1.807) is 18.9 Å². The molecule has 0 radical (unpaired) electrons. The summed E-state index contributed by atoms with van der Waals surface area (Å²) in [6, 6.07) is 0. The summed E-state index contributed by atoms with van der Waals surface area (Å²) in [4.78, 5) is 11.6. The predicted molar refractivity (Wildman–Crippen MR) is 74.8 cm³/mol. The Kier molecular flexibility index (Phi) is 7.04. The van der Waals surface area contributed by atoms with Crippen molar-refractivity contribution in [2.45, 2.75) is 38.2 Å². The second kappa shape index (κ2) is 8.02. The van der Waals surface area contributed by atoms with E-state index in [9.17, 15) is 9.90 Å². The Labute approximate surface area is 114 Å². The standard InChI is InChI=1S/C13H25NO3S/c1-11-3-5-13(16,6-4-11)10-14-12(15)9-18-8-7-17-2/h11,16H,3-10H2,1-2H3,(H,14,15). The minimum atomic E-state index is -0.681. The molecule has 5 heteroatoms. The molecule has 0 saturated heterocycles. The van der Waals surface area contributed by atoms with Crippen molar-refractivity contribution in [2.75, 3.05) is 31.8 Å². The number of thioether (sulfide) groups is 1. The van der Waals surface area contributed by atoms with Gasteiger partial charge in [0.1, 0.15) is 0 Å². The summed E-state index contributed by atoms with van der Waals surface area (Å²) in [6.45, 7) is 3.27. The third kappa shape index (κ3) is 6.07. The fourth-order valence-corrected chi connectivity index (χ4v) is 2.81. The van der Waals surface area contributed by atoms with Crippen LogP contribution >= 0.6 is 11.8 Å². The van der Waals surface area contributed by atoms with E-state index in [1.165, 1.54) is 0 Å². The van der Waals surface area contributed by atoms with Crippen molar-refractivity contribution < 1.29 is 14.6 Å². The van der Waals surface area contributed by atoms with E-state index in [-0.39, 0.29) is 5.91 Å². The van der Waals surface area contributed by atoms with Crippen LogP contribution in [0.25, 0.3) is 0 Å². The number of amides is 1. The maximum atomic E-state index is 11.6. The number of hydrogen-bond donors (Lipinski definition) is 2. The fraction of sp³-hybridized carbons (Fsp3) is 0.923. The molecule has 0 aromatic heterocycles. The van der Waals surface area contributed by atoms with Crippen LogP contribution < -0.4 is 5.32 Å². The van der Waals surface area contributed by atoms with Crippen molar-refractivity contribution in [3.63, 3.8) is 0 Å². The Bertz CT molecular complexity index is 253. The van der Waals surface area contributed by atoms with Crippen LogP contribution in [0.5, 0.6) is 0 Å². The van der Waals surface area contributed by atoms with Gasteiger partial charge in [0.2, 0.25) is 5.91 Å². The highest BCUT2D eigenvalue weighted by molar-refractivity contribution is 7.99. The number of methoxy groups -OCH3 is 1. The number of ether oxygens (including phenoxy) is 1. The first-order chi connectivity index (χ1) is 8.56. The lowest BCUT2D eigenvalue weighted by atomic mass is 9.79. The normalized spacial score (nSPS) is 28.1. The molecule has 106 valence electrons. The summed E-state index contributed by atoms with van der Waals surface area (Å²) in [5.41, 5.74) is -0.681. The summed E-state index contributed by atoms with van der Waals surface area (Å²) in [5, 5.41) is 13.1. The zero-order valence-corrected chi connectivity index (χ0v) is 12.2. The molecule has 0 unspecified atom stereocenters. The van der Waals surface area contributed by atoms with Crippen molar-refractivity contribution in [2.24, 2.45) is 5.92 Å². The van der Waals surface area contributed by atoms with Gasteiger partial charge in [-0.15, -0.1) is 11.8 Å². The Morgan fingerprint density at radius 2 is 2.17 bits per heavy atom. The third-order valence-corrected chi connectivity index (χ3v) is 4.41. The monoisotopic (exact) mass is 275 g/mol. The molecule has 4 nitrogen and oxygen atoms in total. The van der Waals surface area contributed by atoms with Crippen molar-refractivity contribution in [3.05, 3.63) is 0 Å². The van der Waals surface area contributed by atoms with Gasteiger partial charge in [-0.05, 0) is 31.6 Å². The number of carbonyl (C=O) groups excluding carboxylic acids is 1. The van der Waals surface area contributed by atoms with Crippen molar-refractivity contribution >= 4 is 17.7 Å². The highest BCUT2D eigenvalue weighted by Crippen LogP contribution is 2.31. The van der Waals surface area contributed by atoms with Crippen molar-refractivity contribution in [3.8, 4) is 0 Å². The van der Waals surface area contributed by atoms with E-state index < -0.39 is 5.60 Å². The lowest BCUT2D eigenvalue weighted by Gasteiger charge is -2.34. The summed E-state index contributed by atoms with van der Waals surface area (Å²) >= 11 is 1.55. The first kappa shape index (κ1) is 15.8. The predicted octanol–water partition coefficient (Wildman–Crippen LogP) is 1.42. The Balaban J connectivity index is 2.13. The molecule has 0 spiro atoms. The maximum absolute atomic E-state index is 11.6. The van der Waals surface area contributed by atoms with E-state index >= 15 is 0 Å². The van der Waals surface area contributed by atoms with Gasteiger partial charge in [0.15, 0.2) is 0 Å². The van der Waals surface area contributed by atoms with Crippen LogP contribution in [0.4, 0.5) is 0 Å². The largest absolute Gasteiger partial charge is 0.388 e. The van der Waals surface area contributed by atoms with Gasteiger partial charge in [-0.25, -0.2) is 0 Å². The molecule has 1 saturated carbocycles. The quantitative estimate of drug-likeness (QED) is 0.690. The van der Waals surface area contributed by atoms with Gasteiger partial charge < -0.3 is 15.2 Å².